The summed E-state index contributed by atoms with van der Waals surface area (Å²) >= 11 is 6.41. The number of halogens is 1. The van der Waals surface area contributed by atoms with Gasteiger partial charge in [0.25, 0.3) is 5.91 Å². The number of hydrogen-bond acceptors (Lipinski definition) is 3. The molecule has 0 aromatic heterocycles. The van der Waals surface area contributed by atoms with E-state index in [9.17, 15) is 4.79 Å². The first-order valence-electron chi connectivity index (χ1n) is 10.2. The van der Waals surface area contributed by atoms with E-state index in [0.717, 1.165) is 6.54 Å². The van der Waals surface area contributed by atoms with E-state index in [1.54, 1.807) is 12.1 Å². The van der Waals surface area contributed by atoms with Gasteiger partial charge in [-0.25, -0.2) is 0 Å². The van der Waals surface area contributed by atoms with Crippen molar-refractivity contribution in [3.05, 3.63) is 64.2 Å². The van der Waals surface area contributed by atoms with Crippen molar-refractivity contribution >= 4 is 17.5 Å². The Balaban J connectivity index is 1.30. The van der Waals surface area contributed by atoms with E-state index in [2.05, 4.69) is 17.4 Å². The summed E-state index contributed by atoms with van der Waals surface area (Å²) in [5, 5.41) is 4.01. The van der Waals surface area contributed by atoms with E-state index < -0.39 is 0 Å². The Kier molecular flexibility index (Phi) is 6.18. The molecular weight excluding hydrogens is 372 g/mol. The second-order valence-electron chi connectivity index (χ2n) is 7.71. The van der Waals surface area contributed by atoms with E-state index in [-0.39, 0.29) is 5.91 Å². The Morgan fingerprint density at radius 2 is 1.79 bits per heavy atom. The van der Waals surface area contributed by atoms with Crippen LogP contribution in [0.2, 0.25) is 5.02 Å². The second-order valence-corrected chi connectivity index (χ2v) is 8.12. The quantitative estimate of drug-likeness (QED) is 0.711. The van der Waals surface area contributed by atoms with Gasteiger partial charge in [-0.1, -0.05) is 55.1 Å². The molecule has 1 heterocycles. The Labute approximate surface area is 171 Å². The van der Waals surface area contributed by atoms with Gasteiger partial charge in [0.15, 0.2) is 0 Å². The number of nitrogens with zero attached hydrogens (tertiary/aromatic N) is 1. The number of benzene rings is 2. The fourth-order valence-corrected chi connectivity index (χ4v) is 4.40. The summed E-state index contributed by atoms with van der Waals surface area (Å²) in [6, 6.07) is 14.2. The topological polar surface area (TPSA) is 41.6 Å². The summed E-state index contributed by atoms with van der Waals surface area (Å²) in [5.74, 6) is 0.670. The van der Waals surface area contributed by atoms with Crippen molar-refractivity contribution in [2.24, 2.45) is 0 Å². The van der Waals surface area contributed by atoms with E-state index >= 15 is 0 Å². The van der Waals surface area contributed by atoms with Gasteiger partial charge in [0, 0.05) is 25.7 Å². The van der Waals surface area contributed by atoms with Crippen LogP contribution < -0.4 is 10.1 Å². The Morgan fingerprint density at radius 1 is 1.07 bits per heavy atom. The smallest absolute Gasteiger partial charge is 0.255 e. The van der Waals surface area contributed by atoms with E-state index in [1.165, 1.54) is 43.2 Å². The second kappa shape index (κ2) is 8.97. The lowest BCUT2D eigenvalue weighted by molar-refractivity contribution is 0.0751. The maximum absolute atomic E-state index is 12.9. The zero-order valence-corrected chi connectivity index (χ0v) is 16.9. The van der Waals surface area contributed by atoms with Crippen LogP contribution in [-0.2, 0) is 13.1 Å². The molecule has 28 heavy (non-hydrogen) atoms. The molecule has 0 radical (unpaired) electrons. The van der Waals surface area contributed by atoms with Gasteiger partial charge >= 0.3 is 0 Å². The average molecular weight is 399 g/mol. The van der Waals surface area contributed by atoms with Crippen LogP contribution in [0.3, 0.4) is 0 Å². The number of amides is 1. The number of ether oxygens (including phenoxy) is 1. The van der Waals surface area contributed by atoms with Crippen molar-refractivity contribution < 1.29 is 9.53 Å². The molecule has 1 aliphatic heterocycles. The van der Waals surface area contributed by atoms with Crippen LogP contribution in [0, 0.1) is 0 Å². The fraction of sp³-hybridized carbons (Fsp3) is 0.435. The third-order valence-electron chi connectivity index (χ3n) is 5.71. The Morgan fingerprint density at radius 3 is 2.46 bits per heavy atom. The lowest BCUT2D eigenvalue weighted by Crippen LogP contribution is -2.34. The first kappa shape index (κ1) is 19.3. The largest absolute Gasteiger partial charge is 0.492 e. The molecule has 5 heteroatoms. The summed E-state index contributed by atoms with van der Waals surface area (Å²) in [7, 11) is 0. The lowest BCUT2D eigenvalue weighted by Gasteiger charge is -2.22. The molecule has 1 fully saturated rings. The predicted molar refractivity (Wildman–Crippen MR) is 112 cm³/mol. The van der Waals surface area contributed by atoms with Crippen molar-refractivity contribution in [2.45, 2.75) is 51.2 Å². The molecule has 4 rings (SSSR count). The third-order valence-corrected chi connectivity index (χ3v) is 6.02. The average Bonchev–Trinajstić information content (AvgIpc) is 3.16. The normalized spacial score (nSPS) is 16.8. The fourth-order valence-electron chi connectivity index (χ4n) is 4.14. The molecular formula is C23H27ClN2O2. The van der Waals surface area contributed by atoms with Gasteiger partial charge in [0.2, 0.25) is 0 Å². The van der Waals surface area contributed by atoms with Gasteiger partial charge in [-0.15, -0.1) is 0 Å². The minimum Gasteiger partial charge on any atom is -0.492 e. The lowest BCUT2D eigenvalue weighted by atomic mass is 9.96. The standard InChI is InChI=1S/C23H27ClN2O2/c24-22-14-20(28-13-12-25-19-8-2-1-3-9-19)10-11-21(22)23(27)26-15-17-6-4-5-7-18(17)16-26/h4-7,10-11,14,19,25H,1-3,8-9,12-13,15-16H2. The van der Waals surface area contributed by atoms with Crippen LogP contribution in [0.5, 0.6) is 5.75 Å². The molecule has 1 aliphatic carbocycles. The van der Waals surface area contributed by atoms with Crippen molar-refractivity contribution in [3.63, 3.8) is 0 Å². The van der Waals surface area contributed by atoms with Gasteiger partial charge in [-0.3, -0.25) is 4.79 Å². The van der Waals surface area contributed by atoms with Crippen LogP contribution in [0.15, 0.2) is 42.5 Å². The molecule has 1 N–H and O–H groups in total. The number of nitrogens with one attached hydrogen (secondary N) is 1. The van der Waals surface area contributed by atoms with Crippen LogP contribution in [-0.4, -0.2) is 30.0 Å². The maximum Gasteiger partial charge on any atom is 0.255 e. The highest BCUT2D eigenvalue weighted by atomic mass is 35.5. The van der Waals surface area contributed by atoms with Crippen LogP contribution in [0.25, 0.3) is 0 Å². The summed E-state index contributed by atoms with van der Waals surface area (Å²) in [5.41, 5.74) is 2.94. The molecule has 2 aliphatic rings. The highest BCUT2D eigenvalue weighted by Gasteiger charge is 2.25. The number of carbonyl (C=O) groups excluding carboxylic acids is 1. The minimum atomic E-state index is -0.0354. The molecule has 0 bridgehead atoms. The molecule has 0 saturated heterocycles. The molecule has 1 amide bonds. The summed E-state index contributed by atoms with van der Waals surface area (Å²) in [6.45, 7) is 2.70. The SMILES string of the molecule is O=C(c1ccc(OCCNC2CCCCC2)cc1Cl)N1Cc2ccccc2C1. The summed E-state index contributed by atoms with van der Waals surface area (Å²) in [4.78, 5) is 14.7. The molecule has 0 unspecified atom stereocenters. The summed E-state index contributed by atoms with van der Waals surface area (Å²) < 4.78 is 5.82. The van der Waals surface area contributed by atoms with E-state index in [0.29, 0.717) is 42.1 Å². The number of rotatable bonds is 6. The van der Waals surface area contributed by atoms with Crippen molar-refractivity contribution in [2.75, 3.05) is 13.2 Å². The predicted octanol–water partition coefficient (Wildman–Crippen LogP) is 4.80. The van der Waals surface area contributed by atoms with E-state index in [1.807, 2.05) is 23.1 Å². The van der Waals surface area contributed by atoms with Crippen LogP contribution in [0.4, 0.5) is 0 Å². The van der Waals surface area contributed by atoms with Crippen molar-refractivity contribution in [1.82, 2.24) is 10.2 Å². The maximum atomic E-state index is 12.9. The highest BCUT2D eigenvalue weighted by Crippen LogP contribution is 2.28. The summed E-state index contributed by atoms with van der Waals surface area (Å²) in [6.07, 6.45) is 6.55. The van der Waals surface area contributed by atoms with E-state index in [4.69, 9.17) is 16.3 Å². The zero-order valence-electron chi connectivity index (χ0n) is 16.1. The molecule has 2 aromatic carbocycles. The van der Waals surface area contributed by atoms with Gasteiger partial charge in [0.1, 0.15) is 12.4 Å². The first-order chi connectivity index (χ1) is 13.7. The molecule has 4 nitrogen and oxygen atoms in total. The monoisotopic (exact) mass is 398 g/mol. The van der Waals surface area contributed by atoms with Gasteiger partial charge < -0.3 is 15.0 Å². The molecule has 0 spiro atoms. The number of carbonyl (C=O) groups is 1. The Bertz CT molecular complexity index is 808. The first-order valence-corrected chi connectivity index (χ1v) is 10.6. The molecule has 148 valence electrons. The van der Waals surface area contributed by atoms with Gasteiger partial charge in [-0.05, 0) is 42.2 Å². The molecule has 1 saturated carbocycles. The zero-order chi connectivity index (χ0) is 19.3. The van der Waals surface area contributed by atoms with Crippen LogP contribution >= 0.6 is 11.6 Å². The van der Waals surface area contributed by atoms with Crippen molar-refractivity contribution in [3.8, 4) is 5.75 Å². The third kappa shape index (κ3) is 4.50. The number of fused-ring (bicyclic) bond motifs is 1. The highest BCUT2D eigenvalue weighted by molar-refractivity contribution is 6.34. The van der Waals surface area contributed by atoms with Crippen molar-refractivity contribution in [1.29, 1.82) is 0 Å². The van der Waals surface area contributed by atoms with Crippen LogP contribution in [0.1, 0.15) is 53.6 Å². The van der Waals surface area contributed by atoms with Gasteiger partial charge in [-0.2, -0.15) is 0 Å². The molecule has 0 atom stereocenters. The number of hydrogen-bond donors (Lipinski definition) is 1. The molecule has 2 aromatic rings. The minimum absolute atomic E-state index is 0.0354. The Hall–Kier alpha value is -2.04. The van der Waals surface area contributed by atoms with Gasteiger partial charge in [0.05, 0.1) is 10.6 Å².